The van der Waals surface area contributed by atoms with Crippen LogP contribution in [0.2, 0.25) is 0 Å². The quantitative estimate of drug-likeness (QED) is 0.402. The van der Waals surface area contributed by atoms with Gasteiger partial charge in [0, 0.05) is 25.2 Å². The summed E-state index contributed by atoms with van der Waals surface area (Å²) < 4.78 is 28.9. The van der Waals surface area contributed by atoms with Crippen molar-refractivity contribution in [1.82, 2.24) is 24.4 Å². The molecule has 0 spiro atoms. The van der Waals surface area contributed by atoms with E-state index in [1.165, 1.54) is 10.4 Å². The van der Waals surface area contributed by atoms with Gasteiger partial charge in [0.2, 0.25) is 15.9 Å². The van der Waals surface area contributed by atoms with Crippen molar-refractivity contribution in [3.63, 3.8) is 0 Å². The molecule has 2 rings (SSSR count). The molecule has 0 saturated heterocycles. The second-order valence-corrected chi connectivity index (χ2v) is 9.68. The van der Waals surface area contributed by atoms with Gasteiger partial charge >= 0.3 is 6.03 Å². The third-order valence-corrected chi connectivity index (χ3v) is 7.49. The molecule has 0 fully saturated rings. The van der Waals surface area contributed by atoms with Gasteiger partial charge in [-0.25, -0.2) is 13.2 Å². The standard InChI is InChI=1S/C19H26N6O4S2/c1-5-11-25-16(22-23-19(25)30-13(4)17(26)21-18(20)27)14-9-8-10-15(12-14)31(28,29)24(6-2)7-3/h5,8-10,12-13H,1,6-7,11H2,2-4H3,(H3,20,21,26,27). The molecular formula is C19H26N6O4S2. The summed E-state index contributed by atoms with van der Waals surface area (Å²) in [5.74, 6) is -0.124. The van der Waals surface area contributed by atoms with E-state index in [1.807, 2.05) is 5.32 Å². The molecule has 3 amide bonds. The third-order valence-electron chi connectivity index (χ3n) is 4.36. The second-order valence-electron chi connectivity index (χ2n) is 6.44. The normalized spacial score (nSPS) is 12.5. The Balaban J connectivity index is 2.43. The largest absolute Gasteiger partial charge is 0.351 e. The summed E-state index contributed by atoms with van der Waals surface area (Å²) in [5, 5.41) is 10.1. The number of benzene rings is 1. The van der Waals surface area contributed by atoms with E-state index in [2.05, 4.69) is 16.8 Å². The minimum Gasteiger partial charge on any atom is -0.351 e. The predicted molar refractivity (Wildman–Crippen MR) is 119 cm³/mol. The maximum atomic E-state index is 12.9. The fourth-order valence-electron chi connectivity index (χ4n) is 2.83. The molecule has 12 heteroatoms. The minimum absolute atomic E-state index is 0.158. The highest BCUT2D eigenvalue weighted by molar-refractivity contribution is 8.00. The molecule has 2 aromatic rings. The molecule has 31 heavy (non-hydrogen) atoms. The summed E-state index contributed by atoms with van der Waals surface area (Å²) in [6.45, 7) is 9.97. The first-order valence-electron chi connectivity index (χ1n) is 9.57. The van der Waals surface area contributed by atoms with Crippen LogP contribution in [-0.4, -0.2) is 57.8 Å². The lowest BCUT2D eigenvalue weighted by Crippen LogP contribution is -2.39. The number of hydrogen-bond donors (Lipinski definition) is 2. The van der Waals surface area contributed by atoms with Crippen molar-refractivity contribution in [1.29, 1.82) is 0 Å². The Morgan fingerprint density at radius 3 is 2.58 bits per heavy atom. The molecule has 1 atom stereocenters. The van der Waals surface area contributed by atoms with Crippen LogP contribution in [0.15, 0.2) is 47.0 Å². The fraction of sp³-hybridized carbons (Fsp3) is 0.368. The molecule has 1 aromatic heterocycles. The number of urea groups is 1. The Morgan fingerprint density at radius 2 is 2.00 bits per heavy atom. The van der Waals surface area contributed by atoms with E-state index < -0.39 is 27.2 Å². The lowest BCUT2D eigenvalue weighted by Gasteiger charge is -2.18. The second kappa shape index (κ2) is 10.6. The summed E-state index contributed by atoms with van der Waals surface area (Å²) in [7, 11) is -3.64. The molecule has 0 saturated carbocycles. The number of hydrogen-bond acceptors (Lipinski definition) is 7. The summed E-state index contributed by atoms with van der Waals surface area (Å²) in [4.78, 5) is 23.1. The molecule has 1 heterocycles. The smallest absolute Gasteiger partial charge is 0.318 e. The molecule has 0 bridgehead atoms. The molecule has 0 aliphatic heterocycles. The Morgan fingerprint density at radius 1 is 1.32 bits per heavy atom. The maximum absolute atomic E-state index is 12.9. The van der Waals surface area contributed by atoms with Gasteiger partial charge in [0.1, 0.15) is 0 Å². The van der Waals surface area contributed by atoms with E-state index in [9.17, 15) is 18.0 Å². The van der Waals surface area contributed by atoms with E-state index in [1.54, 1.807) is 49.6 Å². The maximum Gasteiger partial charge on any atom is 0.318 e. The molecule has 10 nitrogen and oxygen atoms in total. The summed E-state index contributed by atoms with van der Waals surface area (Å²) >= 11 is 1.09. The highest BCUT2D eigenvalue weighted by Gasteiger charge is 2.24. The van der Waals surface area contributed by atoms with E-state index in [0.29, 0.717) is 36.2 Å². The molecule has 0 radical (unpaired) electrons. The van der Waals surface area contributed by atoms with Crippen LogP contribution in [0.25, 0.3) is 11.4 Å². The lowest BCUT2D eigenvalue weighted by atomic mass is 10.2. The molecule has 168 valence electrons. The summed E-state index contributed by atoms with van der Waals surface area (Å²) in [5.41, 5.74) is 5.55. The SMILES string of the molecule is C=CCn1c(SC(C)C(=O)NC(N)=O)nnc1-c1cccc(S(=O)(=O)N(CC)CC)c1. The number of carbonyl (C=O) groups excluding carboxylic acids is 2. The van der Waals surface area contributed by atoms with Gasteiger partial charge in [-0.15, -0.1) is 16.8 Å². The first kappa shape index (κ1) is 24.6. The number of primary amides is 1. The molecule has 3 N–H and O–H groups in total. The van der Waals surface area contributed by atoms with E-state index in [-0.39, 0.29) is 4.90 Å². The monoisotopic (exact) mass is 466 g/mol. The van der Waals surface area contributed by atoms with Crippen LogP contribution >= 0.6 is 11.8 Å². The van der Waals surface area contributed by atoms with Gasteiger partial charge in [-0.2, -0.15) is 4.31 Å². The van der Waals surface area contributed by atoms with Gasteiger partial charge < -0.3 is 5.73 Å². The topological polar surface area (TPSA) is 140 Å². The molecular weight excluding hydrogens is 440 g/mol. The Kier molecular flexibility index (Phi) is 8.36. The van der Waals surface area contributed by atoms with Gasteiger partial charge in [0.15, 0.2) is 11.0 Å². The van der Waals surface area contributed by atoms with Crippen molar-refractivity contribution >= 4 is 33.7 Å². The van der Waals surface area contributed by atoms with Crippen LogP contribution in [0.3, 0.4) is 0 Å². The van der Waals surface area contributed by atoms with Crippen LogP contribution in [-0.2, 0) is 21.4 Å². The van der Waals surface area contributed by atoms with Crippen molar-refractivity contribution in [2.45, 2.75) is 42.6 Å². The van der Waals surface area contributed by atoms with Gasteiger partial charge in [0.05, 0.1) is 10.1 Å². The van der Waals surface area contributed by atoms with E-state index in [0.717, 1.165) is 11.8 Å². The van der Waals surface area contributed by atoms with Crippen LogP contribution in [0.1, 0.15) is 20.8 Å². The summed E-state index contributed by atoms with van der Waals surface area (Å²) in [6.07, 6.45) is 1.64. The zero-order valence-corrected chi connectivity index (χ0v) is 19.2. The Labute approximate surface area is 185 Å². The van der Waals surface area contributed by atoms with Crippen molar-refractivity contribution in [2.24, 2.45) is 5.73 Å². The number of amides is 3. The number of rotatable bonds is 10. The van der Waals surface area contributed by atoms with Gasteiger partial charge in [-0.05, 0) is 19.1 Å². The highest BCUT2D eigenvalue weighted by Crippen LogP contribution is 2.28. The van der Waals surface area contributed by atoms with Crippen molar-refractivity contribution in [2.75, 3.05) is 13.1 Å². The van der Waals surface area contributed by atoms with Crippen molar-refractivity contribution in [3.8, 4) is 11.4 Å². The lowest BCUT2D eigenvalue weighted by molar-refractivity contribution is -0.119. The molecule has 1 aromatic carbocycles. The van der Waals surface area contributed by atoms with Crippen molar-refractivity contribution in [3.05, 3.63) is 36.9 Å². The first-order chi connectivity index (χ1) is 14.6. The number of allylic oxidation sites excluding steroid dienone is 1. The molecule has 0 aliphatic rings. The van der Waals surface area contributed by atoms with Gasteiger partial charge in [-0.1, -0.05) is 43.8 Å². The first-order valence-corrected chi connectivity index (χ1v) is 11.9. The Hall–Kier alpha value is -2.70. The Bertz CT molecular complexity index is 1060. The average Bonchev–Trinajstić information content (AvgIpc) is 3.11. The molecule has 1 unspecified atom stereocenters. The van der Waals surface area contributed by atoms with Gasteiger partial charge in [0.25, 0.3) is 0 Å². The number of nitrogens with two attached hydrogens (primary N) is 1. The number of nitrogens with zero attached hydrogens (tertiary/aromatic N) is 4. The van der Waals surface area contributed by atoms with Gasteiger partial charge in [-0.3, -0.25) is 14.7 Å². The number of imide groups is 1. The fourth-order valence-corrected chi connectivity index (χ4v) is 5.19. The number of carbonyl (C=O) groups is 2. The summed E-state index contributed by atoms with van der Waals surface area (Å²) in [6, 6.07) is 5.54. The van der Waals surface area contributed by atoms with E-state index in [4.69, 9.17) is 5.73 Å². The third kappa shape index (κ3) is 5.71. The molecule has 0 aliphatic carbocycles. The van der Waals surface area contributed by atoms with Crippen LogP contribution in [0.4, 0.5) is 4.79 Å². The number of thioether (sulfide) groups is 1. The van der Waals surface area contributed by atoms with Crippen LogP contribution in [0.5, 0.6) is 0 Å². The predicted octanol–water partition coefficient (Wildman–Crippen LogP) is 1.84. The number of sulfonamides is 1. The zero-order valence-electron chi connectivity index (χ0n) is 17.6. The highest BCUT2D eigenvalue weighted by atomic mass is 32.2. The number of nitrogens with one attached hydrogen (secondary N) is 1. The average molecular weight is 467 g/mol. The number of aromatic nitrogens is 3. The zero-order chi connectivity index (χ0) is 23.2. The van der Waals surface area contributed by atoms with Crippen LogP contribution in [0, 0.1) is 0 Å². The van der Waals surface area contributed by atoms with E-state index >= 15 is 0 Å². The van der Waals surface area contributed by atoms with Crippen LogP contribution < -0.4 is 11.1 Å². The minimum atomic E-state index is -3.64. The van der Waals surface area contributed by atoms with Crippen molar-refractivity contribution < 1.29 is 18.0 Å².